The monoisotopic (exact) mass is 511 g/mol. The highest BCUT2D eigenvalue weighted by Crippen LogP contribution is 2.26. The first-order valence-corrected chi connectivity index (χ1v) is 11.1. The first kappa shape index (κ1) is 23.4. The normalized spacial score (nSPS) is 10.2. The van der Waals surface area contributed by atoms with Crippen molar-refractivity contribution in [3.05, 3.63) is 94.0 Å². The molecule has 0 aliphatic carbocycles. The molecule has 0 aliphatic heterocycles. The molecule has 32 heavy (non-hydrogen) atoms. The van der Waals surface area contributed by atoms with E-state index in [0.29, 0.717) is 33.6 Å². The van der Waals surface area contributed by atoms with E-state index < -0.39 is 0 Å². The number of hydrogen-bond donors (Lipinski definition) is 3. The summed E-state index contributed by atoms with van der Waals surface area (Å²) in [6.45, 7) is 0.529. The summed E-state index contributed by atoms with van der Waals surface area (Å²) in [7, 11) is 1.57. The second-order valence-electron chi connectivity index (χ2n) is 6.79. The molecule has 164 valence electrons. The zero-order valence-electron chi connectivity index (χ0n) is 17.4. The van der Waals surface area contributed by atoms with Gasteiger partial charge < -0.3 is 15.4 Å². The van der Waals surface area contributed by atoms with Gasteiger partial charge in [0.15, 0.2) is 5.11 Å². The number of halogens is 1. The van der Waals surface area contributed by atoms with E-state index in [1.54, 1.807) is 49.5 Å². The van der Waals surface area contributed by atoms with Crippen molar-refractivity contribution in [3.8, 4) is 5.75 Å². The van der Waals surface area contributed by atoms with Crippen LogP contribution in [0, 0.1) is 0 Å². The van der Waals surface area contributed by atoms with E-state index in [-0.39, 0.29) is 16.9 Å². The topological polar surface area (TPSA) is 79.5 Å². The number of rotatable bonds is 7. The van der Waals surface area contributed by atoms with Crippen molar-refractivity contribution < 1.29 is 14.3 Å². The van der Waals surface area contributed by atoms with Crippen molar-refractivity contribution in [3.63, 3.8) is 0 Å². The number of amides is 2. The third kappa shape index (κ3) is 6.63. The van der Waals surface area contributed by atoms with Crippen LogP contribution in [0.2, 0.25) is 0 Å². The van der Waals surface area contributed by atoms with Gasteiger partial charge in [-0.1, -0.05) is 30.3 Å². The molecule has 0 spiro atoms. The molecule has 3 N–H and O–H groups in total. The first-order chi connectivity index (χ1) is 15.5. The molecule has 0 radical (unpaired) electrons. The maximum absolute atomic E-state index is 12.5. The quantitative estimate of drug-likeness (QED) is 0.405. The lowest BCUT2D eigenvalue weighted by Crippen LogP contribution is -2.34. The Kier molecular flexibility index (Phi) is 8.35. The number of carbonyl (C=O) groups excluding carboxylic acids is 2. The molecule has 3 rings (SSSR count). The lowest BCUT2D eigenvalue weighted by molar-refractivity contribution is 0.0959. The molecule has 0 aliphatic rings. The molecule has 0 bridgehead atoms. The lowest BCUT2D eigenvalue weighted by atomic mass is 10.2. The summed E-state index contributed by atoms with van der Waals surface area (Å²) in [5, 5.41) is 8.29. The number of hydrogen-bond acceptors (Lipinski definition) is 4. The Hall–Kier alpha value is -3.23. The fraction of sp³-hybridized carbons (Fsp3) is 0.125. The summed E-state index contributed by atoms with van der Waals surface area (Å²) in [6.07, 6.45) is 0.791. The molecule has 3 aromatic rings. The van der Waals surface area contributed by atoms with Crippen LogP contribution in [0.4, 0.5) is 5.69 Å². The van der Waals surface area contributed by atoms with Gasteiger partial charge in [0.1, 0.15) is 5.75 Å². The SMILES string of the molecule is CNC(=O)c1ccc(NC(=S)NC(=O)c2ccc(OCCc3ccccc3)c(Br)c2)cc1. The molecule has 2 amide bonds. The van der Waals surface area contributed by atoms with Crippen LogP contribution in [0.25, 0.3) is 0 Å². The van der Waals surface area contributed by atoms with Crippen LogP contribution in [0.1, 0.15) is 26.3 Å². The average molecular weight is 512 g/mol. The van der Waals surface area contributed by atoms with E-state index in [2.05, 4.69) is 44.0 Å². The fourth-order valence-corrected chi connectivity index (χ4v) is 3.57. The minimum Gasteiger partial charge on any atom is -0.492 e. The second kappa shape index (κ2) is 11.4. The van der Waals surface area contributed by atoms with Gasteiger partial charge >= 0.3 is 0 Å². The Morgan fingerprint density at radius 2 is 1.62 bits per heavy atom. The minimum atomic E-state index is -0.346. The second-order valence-corrected chi connectivity index (χ2v) is 8.06. The van der Waals surface area contributed by atoms with E-state index in [0.717, 1.165) is 6.42 Å². The van der Waals surface area contributed by atoms with Gasteiger partial charge in [0.2, 0.25) is 0 Å². The summed E-state index contributed by atoms with van der Waals surface area (Å²) >= 11 is 8.68. The van der Waals surface area contributed by atoms with Crippen LogP contribution in [-0.4, -0.2) is 30.6 Å². The number of ether oxygens (including phenoxy) is 1. The van der Waals surface area contributed by atoms with Gasteiger partial charge in [-0.3, -0.25) is 14.9 Å². The molecule has 0 heterocycles. The van der Waals surface area contributed by atoms with Crippen LogP contribution in [0.5, 0.6) is 5.75 Å². The highest BCUT2D eigenvalue weighted by Gasteiger charge is 2.11. The Labute approximate surface area is 200 Å². The van der Waals surface area contributed by atoms with Crippen LogP contribution < -0.4 is 20.7 Å². The molecule has 0 saturated carbocycles. The molecular weight excluding hydrogens is 490 g/mol. The maximum atomic E-state index is 12.5. The molecule has 6 nitrogen and oxygen atoms in total. The van der Waals surface area contributed by atoms with Gasteiger partial charge in [0.25, 0.3) is 11.8 Å². The van der Waals surface area contributed by atoms with Crippen LogP contribution >= 0.6 is 28.1 Å². The maximum Gasteiger partial charge on any atom is 0.257 e. The third-order valence-electron chi connectivity index (χ3n) is 4.54. The van der Waals surface area contributed by atoms with Gasteiger partial charge in [-0.15, -0.1) is 0 Å². The number of thiocarbonyl (C=S) groups is 1. The molecule has 0 unspecified atom stereocenters. The molecule has 0 atom stereocenters. The smallest absolute Gasteiger partial charge is 0.257 e. The number of nitrogens with one attached hydrogen (secondary N) is 3. The van der Waals surface area contributed by atoms with Gasteiger partial charge in [-0.05, 0) is 76.2 Å². The fourth-order valence-electron chi connectivity index (χ4n) is 2.87. The summed E-state index contributed by atoms with van der Waals surface area (Å²) in [5.41, 5.74) is 2.82. The van der Waals surface area contributed by atoms with Crippen LogP contribution in [0.3, 0.4) is 0 Å². The van der Waals surface area contributed by atoms with Crippen molar-refractivity contribution >= 4 is 50.8 Å². The standard InChI is InChI=1S/C24H22BrN3O3S/c1-26-22(29)17-7-10-19(11-8-17)27-24(32)28-23(30)18-9-12-21(20(25)15-18)31-14-13-16-5-3-2-4-6-16/h2-12,15H,13-14H2,1H3,(H,26,29)(H2,27,28,30,32). The van der Waals surface area contributed by atoms with Crippen LogP contribution in [-0.2, 0) is 6.42 Å². The molecule has 8 heteroatoms. The van der Waals surface area contributed by atoms with Gasteiger partial charge in [0.05, 0.1) is 11.1 Å². The van der Waals surface area contributed by atoms with E-state index in [9.17, 15) is 9.59 Å². The lowest BCUT2D eigenvalue weighted by Gasteiger charge is -2.12. The highest BCUT2D eigenvalue weighted by molar-refractivity contribution is 9.10. The van der Waals surface area contributed by atoms with Gasteiger partial charge in [-0.2, -0.15) is 0 Å². The van der Waals surface area contributed by atoms with Crippen molar-refractivity contribution in [2.45, 2.75) is 6.42 Å². The number of anilines is 1. The Morgan fingerprint density at radius 1 is 0.938 bits per heavy atom. The summed E-state index contributed by atoms with van der Waals surface area (Å²) in [5.74, 6) is 0.140. The van der Waals surface area contributed by atoms with E-state index in [1.165, 1.54) is 5.56 Å². The van der Waals surface area contributed by atoms with E-state index in [4.69, 9.17) is 17.0 Å². The predicted octanol–water partition coefficient (Wildman–Crippen LogP) is 4.56. The zero-order chi connectivity index (χ0) is 22.9. The van der Waals surface area contributed by atoms with E-state index >= 15 is 0 Å². The largest absolute Gasteiger partial charge is 0.492 e. The van der Waals surface area contributed by atoms with Gasteiger partial charge in [0, 0.05) is 30.3 Å². The summed E-state index contributed by atoms with van der Waals surface area (Å²) < 4.78 is 6.51. The Morgan fingerprint density at radius 3 is 2.28 bits per heavy atom. The Bertz CT molecular complexity index is 1110. The first-order valence-electron chi connectivity index (χ1n) is 9.87. The number of benzene rings is 3. The van der Waals surface area contributed by atoms with Crippen molar-refractivity contribution in [2.75, 3.05) is 19.0 Å². The van der Waals surface area contributed by atoms with Crippen LogP contribution in [0.15, 0.2) is 77.3 Å². The summed E-state index contributed by atoms with van der Waals surface area (Å²) in [4.78, 5) is 24.1. The highest BCUT2D eigenvalue weighted by atomic mass is 79.9. The van der Waals surface area contributed by atoms with Gasteiger partial charge in [-0.25, -0.2) is 0 Å². The summed E-state index contributed by atoms with van der Waals surface area (Å²) in [6, 6.07) is 22.0. The molecule has 0 saturated heterocycles. The van der Waals surface area contributed by atoms with E-state index in [1.807, 2.05) is 18.2 Å². The van der Waals surface area contributed by atoms with Crippen molar-refractivity contribution in [2.24, 2.45) is 0 Å². The molecular formula is C24H22BrN3O3S. The Balaban J connectivity index is 1.52. The zero-order valence-corrected chi connectivity index (χ0v) is 19.8. The molecule has 0 aromatic heterocycles. The van der Waals surface area contributed by atoms with Crippen molar-refractivity contribution in [1.82, 2.24) is 10.6 Å². The average Bonchev–Trinajstić information content (AvgIpc) is 2.80. The molecule has 3 aromatic carbocycles. The minimum absolute atomic E-state index is 0.155. The molecule has 0 fully saturated rings. The predicted molar refractivity (Wildman–Crippen MR) is 133 cm³/mol. The number of carbonyl (C=O) groups is 2. The third-order valence-corrected chi connectivity index (χ3v) is 5.37. The van der Waals surface area contributed by atoms with Crippen molar-refractivity contribution in [1.29, 1.82) is 0 Å².